The van der Waals surface area contributed by atoms with Crippen LogP contribution in [0.4, 0.5) is 13.2 Å². The van der Waals surface area contributed by atoms with E-state index in [1.807, 2.05) is 6.92 Å². The number of alkyl halides is 3. The first kappa shape index (κ1) is 20.2. The molecule has 1 aliphatic rings. The maximum Gasteiger partial charge on any atom is 0.416 e. The number of halogens is 3. The van der Waals surface area contributed by atoms with E-state index >= 15 is 0 Å². The highest BCUT2D eigenvalue weighted by atomic mass is 19.4. The summed E-state index contributed by atoms with van der Waals surface area (Å²) < 4.78 is 43.7. The predicted octanol–water partition coefficient (Wildman–Crippen LogP) is 1.32. The second-order valence-corrected chi connectivity index (χ2v) is 6.00. The van der Waals surface area contributed by atoms with Gasteiger partial charge in [0.1, 0.15) is 0 Å². The van der Waals surface area contributed by atoms with Gasteiger partial charge in [-0.15, -0.1) is 0 Å². The molecule has 2 rings (SSSR count). The van der Waals surface area contributed by atoms with Gasteiger partial charge in [0.2, 0.25) is 5.91 Å². The zero-order chi connectivity index (χ0) is 19.2. The average molecular weight is 373 g/mol. The number of rotatable bonds is 7. The first-order chi connectivity index (χ1) is 12.3. The van der Waals surface area contributed by atoms with Gasteiger partial charge < -0.3 is 20.7 Å². The van der Waals surface area contributed by atoms with Crippen LogP contribution in [0.15, 0.2) is 24.3 Å². The fraction of sp³-hybridized carbons (Fsp3) is 0.529. The van der Waals surface area contributed by atoms with E-state index in [4.69, 9.17) is 4.74 Å². The lowest BCUT2D eigenvalue weighted by molar-refractivity contribution is -0.137. The largest absolute Gasteiger partial charge is 0.416 e. The van der Waals surface area contributed by atoms with Crippen molar-refractivity contribution in [1.29, 1.82) is 0 Å². The summed E-state index contributed by atoms with van der Waals surface area (Å²) in [7, 11) is 0. The number of hydrogen-bond donors (Lipinski definition) is 3. The Morgan fingerprint density at radius 3 is 2.77 bits per heavy atom. The predicted molar refractivity (Wildman–Crippen MR) is 88.6 cm³/mol. The third kappa shape index (κ3) is 5.70. The summed E-state index contributed by atoms with van der Waals surface area (Å²) in [6.45, 7) is 3.43. The van der Waals surface area contributed by atoms with Crippen LogP contribution in [0.2, 0.25) is 0 Å². The van der Waals surface area contributed by atoms with E-state index in [0.717, 1.165) is 24.6 Å². The fourth-order valence-electron chi connectivity index (χ4n) is 2.60. The van der Waals surface area contributed by atoms with Crippen molar-refractivity contribution in [3.8, 4) is 0 Å². The van der Waals surface area contributed by atoms with Gasteiger partial charge in [-0.05, 0) is 24.6 Å². The van der Waals surface area contributed by atoms with Crippen LogP contribution in [0.25, 0.3) is 0 Å². The number of carbonyl (C=O) groups excluding carboxylic acids is 2. The number of hydrogen-bond acceptors (Lipinski definition) is 4. The lowest BCUT2D eigenvalue weighted by atomic mass is 10.1. The van der Waals surface area contributed by atoms with Crippen molar-refractivity contribution in [3.63, 3.8) is 0 Å². The maximum atomic E-state index is 12.7. The second-order valence-electron chi connectivity index (χ2n) is 6.00. The molecule has 0 radical (unpaired) electrons. The Morgan fingerprint density at radius 1 is 1.31 bits per heavy atom. The van der Waals surface area contributed by atoms with E-state index in [-0.39, 0.29) is 24.3 Å². The van der Waals surface area contributed by atoms with Crippen LogP contribution < -0.4 is 16.0 Å². The molecule has 2 unspecified atom stereocenters. The number of carbonyl (C=O) groups is 2. The van der Waals surface area contributed by atoms with Crippen LogP contribution in [0.5, 0.6) is 0 Å². The number of amides is 2. The first-order valence-corrected chi connectivity index (χ1v) is 8.38. The molecule has 6 nitrogen and oxygen atoms in total. The quantitative estimate of drug-likeness (QED) is 0.674. The molecule has 3 N–H and O–H groups in total. The molecule has 1 heterocycles. The third-order valence-corrected chi connectivity index (χ3v) is 3.90. The fourth-order valence-corrected chi connectivity index (χ4v) is 2.60. The summed E-state index contributed by atoms with van der Waals surface area (Å²) in [4.78, 5) is 24.0. The van der Waals surface area contributed by atoms with Gasteiger partial charge in [0.25, 0.3) is 5.91 Å². The molecule has 0 spiro atoms. The van der Waals surface area contributed by atoms with E-state index in [1.165, 1.54) is 6.07 Å². The molecular formula is C17H22F3N3O3. The normalized spacial score (nSPS) is 20.0. The number of ether oxygens (including phenoxy) is 1. The minimum absolute atomic E-state index is 0.141. The molecular weight excluding hydrogens is 351 g/mol. The molecule has 0 bridgehead atoms. The van der Waals surface area contributed by atoms with Crippen LogP contribution in [-0.2, 0) is 15.7 Å². The minimum Gasteiger partial charge on any atom is -0.375 e. The van der Waals surface area contributed by atoms with E-state index in [2.05, 4.69) is 16.0 Å². The van der Waals surface area contributed by atoms with Gasteiger partial charge in [-0.25, -0.2) is 0 Å². The summed E-state index contributed by atoms with van der Waals surface area (Å²) in [6, 6.07) is 3.84. The lowest BCUT2D eigenvalue weighted by Gasteiger charge is -2.20. The molecule has 2 amide bonds. The first-order valence-electron chi connectivity index (χ1n) is 8.38. The van der Waals surface area contributed by atoms with Crippen molar-refractivity contribution in [2.45, 2.75) is 31.7 Å². The smallest absolute Gasteiger partial charge is 0.375 e. The average Bonchev–Trinajstić information content (AvgIpc) is 3.04. The van der Waals surface area contributed by atoms with Gasteiger partial charge in [0, 0.05) is 25.3 Å². The Hall–Kier alpha value is -2.13. The maximum absolute atomic E-state index is 12.7. The van der Waals surface area contributed by atoms with Gasteiger partial charge in [0.15, 0.2) is 0 Å². The zero-order valence-electron chi connectivity index (χ0n) is 14.4. The third-order valence-electron chi connectivity index (χ3n) is 3.90. The molecule has 1 saturated heterocycles. The molecule has 2 atom stereocenters. The number of nitrogens with one attached hydrogen (secondary N) is 3. The van der Waals surface area contributed by atoms with E-state index in [1.54, 1.807) is 0 Å². The van der Waals surface area contributed by atoms with Crippen molar-refractivity contribution in [3.05, 3.63) is 35.4 Å². The molecule has 1 fully saturated rings. The van der Waals surface area contributed by atoms with E-state index in [0.29, 0.717) is 19.7 Å². The van der Waals surface area contributed by atoms with Crippen molar-refractivity contribution in [1.82, 2.24) is 16.0 Å². The van der Waals surface area contributed by atoms with Crippen molar-refractivity contribution in [2.75, 3.05) is 26.2 Å². The SMILES string of the molecule is CCCOC1CNCC1NC(=O)CNC(=O)c1cccc(C(F)(F)F)c1. The highest BCUT2D eigenvalue weighted by Gasteiger charge is 2.31. The molecule has 1 aromatic rings. The van der Waals surface area contributed by atoms with Crippen LogP contribution in [0, 0.1) is 0 Å². The topological polar surface area (TPSA) is 79.5 Å². The van der Waals surface area contributed by atoms with Gasteiger partial charge in [0.05, 0.1) is 24.3 Å². The van der Waals surface area contributed by atoms with Gasteiger partial charge in [-0.1, -0.05) is 13.0 Å². The van der Waals surface area contributed by atoms with E-state index in [9.17, 15) is 22.8 Å². The summed E-state index contributed by atoms with van der Waals surface area (Å²) in [5.74, 6) is -1.17. The van der Waals surface area contributed by atoms with Crippen LogP contribution in [0.3, 0.4) is 0 Å². The molecule has 0 aliphatic carbocycles. The lowest BCUT2D eigenvalue weighted by Crippen LogP contribution is -2.47. The standard InChI is InChI=1S/C17H22F3N3O3/c1-2-6-26-14-9-21-8-13(14)23-15(24)10-22-16(25)11-4-3-5-12(7-11)17(18,19)20/h3-5,7,13-14,21H,2,6,8-10H2,1H3,(H,22,25)(H,23,24). The van der Waals surface area contributed by atoms with Crippen molar-refractivity contribution < 1.29 is 27.5 Å². The molecule has 1 aromatic carbocycles. The molecule has 0 saturated carbocycles. The molecule has 9 heteroatoms. The van der Waals surface area contributed by atoms with Crippen molar-refractivity contribution >= 4 is 11.8 Å². The minimum atomic E-state index is -4.53. The van der Waals surface area contributed by atoms with Gasteiger partial charge >= 0.3 is 6.18 Å². The van der Waals surface area contributed by atoms with Gasteiger partial charge in [-0.3, -0.25) is 9.59 Å². The Morgan fingerprint density at radius 2 is 2.08 bits per heavy atom. The van der Waals surface area contributed by atoms with Gasteiger partial charge in [-0.2, -0.15) is 13.2 Å². The molecule has 26 heavy (non-hydrogen) atoms. The van der Waals surface area contributed by atoms with Crippen LogP contribution >= 0.6 is 0 Å². The molecule has 1 aliphatic heterocycles. The Bertz CT molecular complexity index is 637. The van der Waals surface area contributed by atoms with E-state index < -0.39 is 23.6 Å². The van der Waals surface area contributed by atoms with Crippen molar-refractivity contribution in [2.24, 2.45) is 0 Å². The second kappa shape index (κ2) is 9.00. The molecule has 144 valence electrons. The zero-order valence-corrected chi connectivity index (χ0v) is 14.4. The summed E-state index contributed by atoms with van der Waals surface area (Å²) in [5, 5.41) is 8.20. The number of benzene rings is 1. The highest BCUT2D eigenvalue weighted by Crippen LogP contribution is 2.29. The molecule has 0 aromatic heterocycles. The van der Waals surface area contributed by atoms with Crippen LogP contribution in [-0.4, -0.2) is 50.2 Å². The Balaban J connectivity index is 1.84. The summed E-state index contributed by atoms with van der Waals surface area (Å²) in [5.41, 5.74) is -1.07. The highest BCUT2D eigenvalue weighted by molar-refractivity contribution is 5.96. The summed E-state index contributed by atoms with van der Waals surface area (Å²) in [6.07, 6.45) is -3.81. The van der Waals surface area contributed by atoms with Crippen LogP contribution in [0.1, 0.15) is 29.3 Å². The Labute approximate surface area is 149 Å². The monoisotopic (exact) mass is 373 g/mol. The summed E-state index contributed by atoms with van der Waals surface area (Å²) >= 11 is 0. The Kier molecular flexibility index (Phi) is 6.98.